The summed E-state index contributed by atoms with van der Waals surface area (Å²) in [6.45, 7) is 5.32. The monoisotopic (exact) mass is 294 g/mol. The topological polar surface area (TPSA) is 101 Å². The van der Waals surface area contributed by atoms with Crippen LogP contribution in [0.15, 0.2) is 35.4 Å². The van der Waals surface area contributed by atoms with E-state index >= 15 is 0 Å². The van der Waals surface area contributed by atoms with E-state index in [9.17, 15) is 4.79 Å². The molecule has 0 unspecified atom stereocenters. The Kier molecular flexibility index (Phi) is 9.16. The van der Waals surface area contributed by atoms with E-state index in [2.05, 4.69) is 5.11 Å². The minimum absolute atomic E-state index is 0. The van der Waals surface area contributed by atoms with Gasteiger partial charge in [0.1, 0.15) is 6.04 Å². The fourth-order valence-electron chi connectivity index (χ4n) is 2.35. The predicted molar refractivity (Wildman–Crippen MR) is 82.6 cm³/mol. The van der Waals surface area contributed by atoms with Gasteiger partial charge in [0.2, 0.25) is 0 Å². The van der Waals surface area contributed by atoms with Crippen molar-refractivity contribution in [2.24, 2.45) is 5.11 Å². The Morgan fingerprint density at radius 3 is 2.52 bits per heavy atom. The van der Waals surface area contributed by atoms with Crippen molar-refractivity contribution in [3.8, 4) is 0 Å². The molecule has 6 nitrogen and oxygen atoms in total. The van der Waals surface area contributed by atoms with Crippen LogP contribution in [0.3, 0.4) is 0 Å². The van der Waals surface area contributed by atoms with Crippen molar-refractivity contribution in [3.05, 3.63) is 35.9 Å². The number of carbonyl (C=O) groups excluding carboxylic acids is 1. The summed E-state index contributed by atoms with van der Waals surface area (Å²) < 4.78 is 4.81. The first-order valence-electron chi connectivity index (χ1n) is 6.97. The van der Waals surface area contributed by atoms with Gasteiger partial charge >= 0.3 is 5.97 Å². The van der Waals surface area contributed by atoms with Gasteiger partial charge in [-0.15, -0.1) is 0 Å². The molecule has 1 heterocycles. The minimum Gasteiger partial charge on any atom is -0.468 e. The van der Waals surface area contributed by atoms with Crippen LogP contribution in [0.1, 0.15) is 25.8 Å². The number of hydrogen-bond acceptors (Lipinski definition) is 6. The van der Waals surface area contributed by atoms with Gasteiger partial charge in [-0.2, -0.15) is 5.11 Å². The number of carbonyl (C=O) groups is 1. The highest BCUT2D eigenvalue weighted by molar-refractivity contribution is 5.76. The molecular weight excluding hydrogens is 268 g/mol. The molecular formula is C15H26N4O2. The number of ether oxygens (including phenoxy) is 1. The molecule has 1 aliphatic heterocycles. The summed E-state index contributed by atoms with van der Waals surface area (Å²) in [7, 11) is 1.40. The Morgan fingerprint density at radius 1 is 1.38 bits per heavy atom. The van der Waals surface area contributed by atoms with Crippen LogP contribution < -0.4 is 6.15 Å². The lowest BCUT2D eigenvalue weighted by molar-refractivity contribution is -0.146. The highest BCUT2D eigenvalue weighted by Crippen LogP contribution is 2.23. The average molecular weight is 294 g/mol. The number of hydrogen-bond donors (Lipinski definition) is 2. The lowest BCUT2D eigenvalue weighted by Crippen LogP contribution is -2.36. The Morgan fingerprint density at radius 2 is 2.00 bits per heavy atom. The van der Waals surface area contributed by atoms with Crippen LogP contribution in [0.4, 0.5) is 0 Å². The second kappa shape index (κ2) is 10.0. The molecule has 0 aliphatic carbocycles. The van der Waals surface area contributed by atoms with Crippen LogP contribution in [0.25, 0.3) is 0 Å². The maximum absolute atomic E-state index is 11.7. The van der Waals surface area contributed by atoms with E-state index in [1.54, 1.807) is 0 Å². The quantitative estimate of drug-likeness (QED) is 0.658. The molecule has 2 rings (SSSR count). The van der Waals surface area contributed by atoms with Gasteiger partial charge in [0, 0.05) is 13.1 Å². The molecule has 0 amide bonds. The van der Waals surface area contributed by atoms with E-state index in [0.717, 1.165) is 5.56 Å². The van der Waals surface area contributed by atoms with Crippen molar-refractivity contribution in [2.45, 2.75) is 38.9 Å². The van der Waals surface area contributed by atoms with E-state index in [1.807, 2.05) is 49.1 Å². The zero-order valence-corrected chi connectivity index (χ0v) is 13.1. The fourth-order valence-corrected chi connectivity index (χ4v) is 2.35. The highest BCUT2D eigenvalue weighted by Gasteiger charge is 2.37. The Labute approximate surface area is 126 Å². The third-order valence-corrected chi connectivity index (χ3v) is 3.27. The Bertz CT molecular complexity index is 425. The summed E-state index contributed by atoms with van der Waals surface area (Å²) in [6.07, 6.45) is 0.572. The molecule has 118 valence electrons. The summed E-state index contributed by atoms with van der Waals surface area (Å²) in [5.41, 5.74) is 8.25. The lowest BCUT2D eigenvalue weighted by atomic mass is 10.1. The SMILES string of the molecule is CC.COC(=O)[C@@H]1C[C@H](N=N)CN1Cc1ccccc1.N. The first kappa shape index (κ1) is 19.2. The van der Waals surface area contributed by atoms with Crippen LogP contribution in [0.2, 0.25) is 0 Å². The smallest absolute Gasteiger partial charge is 0.323 e. The molecule has 1 aromatic carbocycles. The van der Waals surface area contributed by atoms with E-state index < -0.39 is 0 Å². The average Bonchev–Trinajstić information content (AvgIpc) is 2.92. The number of nitrogens with one attached hydrogen (secondary N) is 1. The van der Waals surface area contributed by atoms with E-state index in [4.69, 9.17) is 10.3 Å². The second-order valence-electron chi connectivity index (χ2n) is 4.47. The lowest BCUT2D eigenvalue weighted by Gasteiger charge is -2.21. The molecule has 21 heavy (non-hydrogen) atoms. The molecule has 0 bridgehead atoms. The van der Waals surface area contributed by atoms with Crippen LogP contribution in [0, 0.1) is 5.53 Å². The van der Waals surface area contributed by atoms with Crippen molar-refractivity contribution < 1.29 is 9.53 Å². The summed E-state index contributed by atoms with van der Waals surface area (Å²) in [4.78, 5) is 13.7. The molecule has 4 N–H and O–H groups in total. The molecule has 0 radical (unpaired) electrons. The molecule has 0 spiro atoms. The molecule has 2 atom stereocenters. The second-order valence-corrected chi connectivity index (χ2v) is 4.47. The van der Waals surface area contributed by atoms with Gasteiger partial charge in [0.05, 0.1) is 13.2 Å². The van der Waals surface area contributed by atoms with Gasteiger partial charge in [-0.25, -0.2) is 5.53 Å². The first-order chi connectivity index (χ1) is 9.74. The van der Waals surface area contributed by atoms with Gasteiger partial charge < -0.3 is 10.9 Å². The number of benzene rings is 1. The molecule has 0 aromatic heterocycles. The van der Waals surface area contributed by atoms with Crippen LogP contribution >= 0.6 is 0 Å². The summed E-state index contributed by atoms with van der Waals surface area (Å²) in [5.74, 6) is -0.239. The molecule has 1 aliphatic rings. The molecule has 0 saturated carbocycles. The molecule has 1 fully saturated rings. The first-order valence-corrected chi connectivity index (χ1v) is 6.97. The van der Waals surface area contributed by atoms with Gasteiger partial charge in [-0.05, 0) is 12.0 Å². The molecule has 1 saturated heterocycles. The number of methoxy groups -OCH3 is 1. The Hall–Kier alpha value is -1.79. The maximum Gasteiger partial charge on any atom is 0.323 e. The molecule has 6 heteroatoms. The van der Waals surface area contributed by atoms with Crippen molar-refractivity contribution in [2.75, 3.05) is 13.7 Å². The number of likely N-dealkylation sites (tertiary alicyclic amines) is 1. The third kappa shape index (κ3) is 5.24. The van der Waals surface area contributed by atoms with E-state index in [0.29, 0.717) is 19.5 Å². The summed E-state index contributed by atoms with van der Waals surface area (Å²) >= 11 is 0. The summed E-state index contributed by atoms with van der Waals surface area (Å²) in [6, 6.07) is 9.59. The van der Waals surface area contributed by atoms with E-state index in [1.165, 1.54) is 7.11 Å². The zero-order chi connectivity index (χ0) is 15.0. The highest BCUT2D eigenvalue weighted by atomic mass is 16.5. The standard InChI is InChI=1S/C13H17N3O2.C2H6.H3N/c1-18-13(17)12-7-11(15-14)9-16(12)8-10-5-3-2-4-6-10;1-2;/h2-6,11-12,14H,7-9H2,1H3;1-2H3;1H3/t11-,12-;;/m0../s1. The predicted octanol–water partition coefficient (Wildman–Crippen LogP) is 3.02. The summed E-state index contributed by atoms with van der Waals surface area (Å²) in [5, 5.41) is 3.55. The van der Waals surface area contributed by atoms with Gasteiger partial charge in [-0.3, -0.25) is 9.69 Å². The largest absolute Gasteiger partial charge is 0.468 e. The van der Waals surface area contributed by atoms with Crippen molar-refractivity contribution in [1.82, 2.24) is 11.1 Å². The van der Waals surface area contributed by atoms with Crippen molar-refractivity contribution in [1.29, 1.82) is 5.53 Å². The van der Waals surface area contributed by atoms with Crippen LogP contribution in [-0.2, 0) is 16.1 Å². The van der Waals surface area contributed by atoms with Gasteiger partial charge in [-0.1, -0.05) is 44.2 Å². The minimum atomic E-state index is -0.283. The molecule has 1 aromatic rings. The van der Waals surface area contributed by atoms with Crippen LogP contribution in [0.5, 0.6) is 0 Å². The Balaban J connectivity index is 0.00000128. The van der Waals surface area contributed by atoms with Gasteiger partial charge in [0.15, 0.2) is 0 Å². The number of rotatable bonds is 4. The number of esters is 1. The van der Waals surface area contributed by atoms with E-state index in [-0.39, 0.29) is 24.2 Å². The van der Waals surface area contributed by atoms with Gasteiger partial charge in [0.25, 0.3) is 0 Å². The van der Waals surface area contributed by atoms with Crippen LogP contribution in [-0.4, -0.2) is 36.6 Å². The fraction of sp³-hybridized carbons (Fsp3) is 0.533. The van der Waals surface area contributed by atoms with Crippen molar-refractivity contribution in [3.63, 3.8) is 0 Å². The number of nitrogens with zero attached hydrogens (tertiary/aromatic N) is 2. The third-order valence-electron chi connectivity index (χ3n) is 3.27. The normalized spacial score (nSPS) is 20.7. The van der Waals surface area contributed by atoms with Crippen molar-refractivity contribution >= 4 is 5.97 Å². The maximum atomic E-state index is 11.7. The zero-order valence-electron chi connectivity index (χ0n) is 13.1.